The molecule has 0 aliphatic heterocycles. The summed E-state index contributed by atoms with van der Waals surface area (Å²) in [5.74, 6) is 17.4. The summed E-state index contributed by atoms with van der Waals surface area (Å²) >= 11 is 0. The van der Waals surface area contributed by atoms with Crippen molar-refractivity contribution in [1.29, 1.82) is 0 Å². The van der Waals surface area contributed by atoms with E-state index in [9.17, 15) is 14.2 Å². The zero-order chi connectivity index (χ0) is 23.4. The lowest BCUT2D eigenvalue weighted by Gasteiger charge is -2.17. The van der Waals surface area contributed by atoms with E-state index < -0.39 is 39.1 Å². The van der Waals surface area contributed by atoms with Crippen molar-refractivity contribution >= 4 is 19.8 Å². The van der Waals surface area contributed by atoms with E-state index in [1.165, 1.54) is 0 Å². The molecule has 0 aromatic heterocycles. The fraction of sp³-hybridized carbons (Fsp3) is 0.545. The van der Waals surface area contributed by atoms with E-state index in [2.05, 4.69) is 58.8 Å². The number of rotatable bonds is 13. The van der Waals surface area contributed by atoms with Crippen molar-refractivity contribution in [3.05, 3.63) is 0 Å². The number of unbranched alkanes of at least 4 members (excludes halogenated alkanes) is 5. The van der Waals surface area contributed by atoms with Gasteiger partial charge in [-0.15, -0.1) is 0 Å². The van der Waals surface area contributed by atoms with Gasteiger partial charge in [-0.2, -0.15) is 0 Å². The molecule has 168 valence electrons. The molecule has 31 heavy (non-hydrogen) atoms. The van der Waals surface area contributed by atoms with Crippen molar-refractivity contribution in [1.82, 2.24) is 0 Å². The zero-order valence-electron chi connectivity index (χ0n) is 17.7. The Morgan fingerprint density at radius 2 is 1.52 bits per heavy atom. The van der Waals surface area contributed by atoms with Crippen molar-refractivity contribution in [2.45, 2.75) is 64.9 Å². The van der Waals surface area contributed by atoms with E-state index in [0.29, 0.717) is 6.42 Å². The molecular weight excluding hydrogens is 423 g/mol. The second-order valence-electron chi connectivity index (χ2n) is 6.14. The Bertz CT molecular complexity index is 858. The van der Waals surface area contributed by atoms with E-state index >= 15 is 0 Å². The van der Waals surface area contributed by atoms with Crippen molar-refractivity contribution in [3.63, 3.8) is 0 Å². The first kappa shape index (κ1) is 28.3. The number of hydrogen-bond acceptors (Lipinski definition) is 6. The maximum absolute atomic E-state index is 11.9. The lowest BCUT2D eigenvalue weighted by molar-refractivity contribution is -0.158. The predicted octanol–water partition coefficient (Wildman–Crippen LogP) is 2.33. The van der Waals surface area contributed by atoms with Gasteiger partial charge in [0.25, 0.3) is 0 Å². The Morgan fingerprint density at radius 3 is 2.16 bits per heavy atom. The second-order valence-corrected chi connectivity index (χ2v) is 7.38. The van der Waals surface area contributed by atoms with Gasteiger partial charge in [0, 0.05) is 12.3 Å². The van der Waals surface area contributed by atoms with Crippen LogP contribution in [0.2, 0.25) is 0 Å². The smallest absolute Gasteiger partial charge is 0.456 e. The maximum Gasteiger partial charge on any atom is 0.469 e. The molecule has 0 rings (SSSR count). The largest absolute Gasteiger partial charge is 0.469 e. The van der Waals surface area contributed by atoms with Crippen LogP contribution < -0.4 is 0 Å². The summed E-state index contributed by atoms with van der Waals surface area (Å²) in [6.45, 7) is 2.63. The average Bonchev–Trinajstić information content (AvgIpc) is 2.71. The molecule has 0 radical (unpaired) electrons. The van der Waals surface area contributed by atoms with Crippen LogP contribution in [0.5, 0.6) is 0 Å². The maximum atomic E-state index is 11.9. The molecule has 2 N–H and O–H groups in total. The number of ether oxygens (including phenoxy) is 2. The van der Waals surface area contributed by atoms with Crippen molar-refractivity contribution in [3.8, 4) is 47.4 Å². The molecule has 0 aliphatic rings. The first-order valence-electron chi connectivity index (χ1n) is 9.77. The minimum absolute atomic E-state index is 0.144. The number of hydrogen-bond donors (Lipinski definition) is 2. The van der Waals surface area contributed by atoms with Crippen LogP contribution >= 0.6 is 7.82 Å². The highest BCUT2D eigenvalue weighted by Gasteiger charge is 2.22. The first-order valence-corrected chi connectivity index (χ1v) is 11.3. The minimum Gasteiger partial charge on any atom is -0.456 e. The molecule has 9 heteroatoms. The Morgan fingerprint density at radius 1 is 0.903 bits per heavy atom. The summed E-state index contributed by atoms with van der Waals surface area (Å²) in [5, 5.41) is 0. The fourth-order valence-electron chi connectivity index (χ4n) is 2.07. The van der Waals surface area contributed by atoms with Crippen LogP contribution in [-0.2, 0) is 28.2 Å². The van der Waals surface area contributed by atoms with Gasteiger partial charge in [-0.1, -0.05) is 44.9 Å². The Hall–Kier alpha value is -2.71. The van der Waals surface area contributed by atoms with Crippen molar-refractivity contribution < 1.29 is 37.9 Å². The molecule has 0 saturated carbocycles. The normalized spacial score (nSPS) is 10.5. The first-order chi connectivity index (χ1) is 14.8. The molecular formula is C22H27O8P. The van der Waals surface area contributed by atoms with Gasteiger partial charge >= 0.3 is 19.8 Å². The van der Waals surface area contributed by atoms with E-state index in [1.54, 1.807) is 6.92 Å². The van der Waals surface area contributed by atoms with Gasteiger partial charge in [-0.25, -0.2) is 9.36 Å². The monoisotopic (exact) mass is 450 g/mol. The van der Waals surface area contributed by atoms with Crippen LogP contribution in [0, 0.1) is 47.4 Å². The van der Waals surface area contributed by atoms with E-state index in [4.69, 9.17) is 19.3 Å². The molecule has 0 heterocycles. The van der Waals surface area contributed by atoms with Crippen LogP contribution in [-0.4, -0.2) is 41.0 Å². The highest BCUT2D eigenvalue weighted by atomic mass is 31.2. The quantitative estimate of drug-likeness (QED) is 0.144. The lowest BCUT2D eigenvalue weighted by Crippen LogP contribution is -2.29. The standard InChI is InChI=1S/C22H27O8P/c1-3-5-7-9-11-13-14-16-21(23)28-18-20(19-29-31(25,26)27)30-22(24)17-15-12-10-8-6-4-2/h20H,4,6,8,10,12,15,17-19H2,1-2H3,(H2,25,26,27)/t20-/m1/s1. The average molecular weight is 450 g/mol. The van der Waals surface area contributed by atoms with E-state index in [-0.39, 0.29) is 6.42 Å². The predicted molar refractivity (Wildman–Crippen MR) is 114 cm³/mol. The summed E-state index contributed by atoms with van der Waals surface area (Å²) in [4.78, 5) is 41.2. The third kappa shape index (κ3) is 20.3. The summed E-state index contributed by atoms with van der Waals surface area (Å²) < 4.78 is 25.2. The van der Waals surface area contributed by atoms with Gasteiger partial charge in [0.2, 0.25) is 0 Å². The third-order valence-corrected chi connectivity index (χ3v) is 3.95. The molecule has 0 unspecified atom stereocenters. The van der Waals surface area contributed by atoms with Crippen LogP contribution in [0.1, 0.15) is 58.8 Å². The van der Waals surface area contributed by atoms with E-state index in [0.717, 1.165) is 32.1 Å². The van der Waals surface area contributed by atoms with Crippen LogP contribution in [0.3, 0.4) is 0 Å². The molecule has 0 saturated heterocycles. The SMILES string of the molecule is CC#CC#CC#CC#CC(=O)OC[C@H](COP(=O)(O)O)OC(=O)CCCCCCCC. The van der Waals surface area contributed by atoms with Gasteiger partial charge in [0.15, 0.2) is 6.10 Å². The molecule has 0 aliphatic carbocycles. The van der Waals surface area contributed by atoms with Gasteiger partial charge < -0.3 is 19.3 Å². The zero-order valence-corrected chi connectivity index (χ0v) is 18.6. The fourth-order valence-corrected chi connectivity index (χ4v) is 2.43. The van der Waals surface area contributed by atoms with Gasteiger partial charge in [0.05, 0.1) is 6.61 Å². The Kier molecular flexibility index (Phi) is 16.5. The number of carbonyl (C=O) groups excluding carboxylic acids is 2. The summed E-state index contributed by atoms with van der Waals surface area (Å²) in [7, 11) is -4.78. The summed E-state index contributed by atoms with van der Waals surface area (Å²) in [5.41, 5.74) is 0. The number of carbonyl (C=O) groups is 2. The second kappa shape index (κ2) is 18.1. The lowest BCUT2D eigenvalue weighted by atomic mass is 10.1. The number of phosphoric ester groups is 1. The van der Waals surface area contributed by atoms with Crippen molar-refractivity contribution in [2.75, 3.05) is 13.2 Å². The van der Waals surface area contributed by atoms with Gasteiger partial charge in [-0.05, 0) is 48.9 Å². The highest BCUT2D eigenvalue weighted by molar-refractivity contribution is 7.46. The van der Waals surface area contributed by atoms with Crippen LogP contribution in [0.25, 0.3) is 0 Å². The summed E-state index contributed by atoms with van der Waals surface area (Å²) in [6.07, 6.45) is 4.86. The highest BCUT2D eigenvalue weighted by Crippen LogP contribution is 2.35. The van der Waals surface area contributed by atoms with Gasteiger partial charge in [0.1, 0.15) is 6.61 Å². The Labute approximate surface area is 183 Å². The number of phosphoric acid groups is 1. The molecule has 8 nitrogen and oxygen atoms in total. The van der Waals surface area contributed by atoms with Crippen LogP contribution in [0.15, 0.2) is 0 Å². The molecule has 0 aromatic rings. The third-order valence-electron chi connectivity index (χ3n) is 3.46. The molecule has 0 bridgehead atoms. The summed E-state index contributed by atoms with van der Waals surface area (Å²) in [6, 6.07) is 0. The van der Waals surface area contributed by atoms with E-state index in [1.807, 2.05) is 0 Å². The van der Waals surface area contributed by atoms with Gasteiger partial charge in [-0.3, -0.25) is 9.32 Å². The Balaban J connectivity index is 4.58. The minimum atomic E-state index is -4.78. The molecule has 0 spiro atoms. The van der Waals surface area contributed by atoms with Crippen molar-refractivity contribution in [2.24, 2.45) is 0 Å². The number of esters is 2. The van der Waals surface area contributed by atoms with Crippen LogP contribution in [0.4, 0.5) is 0 Å². The molecule has 1 atom stereocenters. The molecule has 0 fully saturated rings. The molecule has 0 amide bonds. The topological polar surface area (TPSA) is 119 Å². The molecule has 0 aromatic carbocycles.